The largest absolute Gasteiger partial charge is 0.332 e. The van der Waals surface area contributed by atoms with Crippen molar-refractivity contribution in [3.63, 3.8) is 0 Å². The summed E-state index contributed by atoms with van der Waals surface area (Å²) in [7, 11) is -3.65. The van der Waals surface area contributed by atoms with Gasteiger partial charge in [0.25, 0.3) is 0 Å². The van der Waals surface area contributed by atoms with Crippen LogP contribution in [0.4, 0.5) is 10.5 Å². The highest BCUT2D eigenvalue weighted by atomic mass is 32.2. The molecule has 2 N–H and O–H groups in total. The second-order valence-corrected chi connectivity index (χ2v) is 8.85. The average molecular weight is 407 g/mol. The van der Waals surface area contributed by atoms with Crippen molar-refractivity contribution in [1.82, 2.24) is 9.71 Å². The number of pyridine rings is 1. The van der Waals surface area contributed by atoms with Gasteiger partial charge in [-0.1, -0.05) is 42.5 Å². The first kappa shape index (κ1) is 19.1. The molecule has 0 bridgehead atoms. The number of amides is 2. The summed E-state index contributed by atoms with van der Waals surface area (Å²) >= 11 is 0. The minimum Gasteiger partial charge on any atom is -0.306 e. The third kappa shape index (κ3) is 4.30. The first-order valence-corrected chi connectivity index (χ1v) is 11.3. The zero-order valence-electron chi connectivity index (χ0n) is 16.0. The average Bonchev–Trinajstić information content (AvgIpc) is 3.17. The van der Waals surface area contributed by atoms with Crippen molar-refractivity contribution in [1.29, 1.82) is 0 Å². The van der Waals surface area contributed by atoms with Gasteiger partial charge in [0.1, 0.15) is 0 Å². The highest BCUT2D eigenvalue weighted by molar-refractivity contribution is 7.89. The molecule has 29 heavy (non-hydrogen) atoms. The minimum absolute atomic E-state index is 0.659. The van der Waals surface area contributed by atoms with Crippen LogP contribution in [-0.4, -0.2) is 25.7 Å². The Labute approximate surface area is 170 Å². The second-order valence-electron chi connectivity index (χ2n) is 7.10. The molecule has 4 rings (SSSR count). The summed E-state index contributed by atoms with van der Waals surface area (Å²) in [5, 5.41) is 2.78. The van der Waals surface area contributed by atoms with Gasteiger partial charge in [0.15, 0.2) is 0 Å². The number of carbonyl (C=O) groups excluding carboxylic acids is 1. The molecule has 0 saturated carbocycles. The molecule has 148 valence electrons. The van der Waals surface area contributed by atoms with Gasteiger partial charge in [-0.25, -0.2) is 17.9 Å². The standard InChI is InChI=1S/C22H21N3O3S/c1-29(27,28)25-22(26)24-21-18-9-5-8-15(18)10-11-19(21)17-12-13-23-20(14-17)16-6-3-2-4-7-16/h2-4,6-7,10-14H,5,8-9H2,1H3,(H2,24,25,26). The third-order valence-electron chi connectivity index (χ3n) is 4.94. The van der Waals surface area contributed by atoms with Gasteiger partial charge in [0.2, 0.25) is 10.0 Å². The fourth-order valence-electron chi connectivity index (χ4n) is 3.72. The van der Waals surface area contributed by atoms with E-state index < -0.39 is 16.1 Å². The summed E-state index contributed by atoms with van der Waals surface area (Å²) in [4.78, 5) is 16.8. The molecule has 0 saturated heterocycles. The van der Waals surface area contributed by atoms with Crippen LogP contribution in [0.25, 0.3) is 22.4 Å². The Morgan fingerprint density at radius 3 is 2.55 bits per heavy atom. The van der Waals surface area contributed by atoms with Crippen molar-refractivity contribution >= 4 is 21.7 Å². The van der Waals surface area contributed by atoms with E-state index >= 15 is 0 Å². The lowest BCUT2D eigenvalue weighted by molar-refractivity contribution is 0.256. The van der Waals surface area contributed by atoms with Crippen LogP contribution in [0.15, 0.2) is 60.8 Å². The van der Waals surface area contributed by atoms with Gasteiger partial charge in [-0.15, -0.1) is 0 Å². The molecule has 1 aliphatic carbocycles. The quantitative estimate of drug-likeness (QED) is 0.685. The number of sulfonamides is 1. The number of fused-ring (bicyclic) bond motifs is 1. The highest BCUT2D eigenvalue weighted by Crippen LogP contribution is 2.38. The second kappa shape index (κ2) is 7.67. The lowest BCUT2D eigenvalue weighted by Gasteiger charge is -2.17. The molecular formula is C22H21N3O3S. The number of urea groups is 1. The Morgan fingerprint density at radius 1 is 1.00 bits per heavy atom. The molecule has 1 aliphatic rings. The molecular weight excluding hydrogens is 386 g/mol. The summed E-state index contributed by atoms with van der Waals surface area (Å²) in [6.07, 6.45) is 5.49. The van der Waals surface area contributed by atoms with E-state index in [2.05, 4.69) is 16.4 Å². The number of nitrogens with zero attached hydrogens (tertiary/aromatic N) is 1. The molecule has 3 aromatic rings. The molecule has 2 amide bonds. The highest BCUT2D eigenvalue weighted by Gasteiger charge is 2.21. The Morgan fingerprint density at radius 2 is 1.79 bits per heavy atom. The summed E-state index contributed by atoms with van der Waals surface area (Å²) < 4.78 is 24.9. The number of anilines is 1. The van der Waals surface area contributed by atoms with Crippen molar-refractivity contribution in [2.24, 2.45) is 0 Å². The first-order chi connectivity index (χ1) is 13.9. The van der Waals surface area contributed by atoms with Crippen LogP contribution in [-0.2, 0) is 22.9 Å². The first-order valence-electron chi connectivity index (χ1n) is 9.36. The van der Waals surface area contributed by atoms with Gasteiger partial charge in [0, 0.05) is 17.3 Å². The maximum atomic E-state index is 12.3. The van der Waals surface area contributed by atoms with Crippen LogP contribution in [0, 0.1) is 0 Å². The van der Waals surface area contributed by atoms with Crippen molar-refractivity contribution in [3.8, 4) is 22.4 Å². The zero-order valence-corrected chi connectivity index (χ0v) is 16.8. The predicted octanol–water partition coefficient (Wildman–Crippen LogP) is 3.99. The third-order valence-corrected chi connectivity index (χ3v) is 5.50. The summed E-state index contributed by atoms with van der Waals surface area (Å²) in [6, 6.07) is 17.0. The maximum Gasteiger partial charge on any atom is 0.332 e. The number of hydrogen-bond acceptors (Lipinski definition) is 4. The fourth-order valence-corrected chi connectivity index (χ4v) is 4.11. The van der Waals surface area contributed by atoms with Gasteiger partial charge in [-0.2, -0.15) is 0 Å². The molecule has 7 heteroatoms. The zero-order chi connectivity index (χ0) is 20.4. The molecule has 1 aromatic heterocycles. The van der Waals surface area contributed by atoms with E-state index in [9.17, 15) is 13.2 Å². The van der Waals surface area contributed by atoms with E-state index in [4.69, 9.17) is 0 Å². The molecule has 0 atom stereocenters. The summed E-state index contributed by atoms with van der Waals surface area (Å²) in [6.45, 7) is 0. The monoisotopic (exact) mass is 407 g/mol. The number of aryl methyl sites for hydroxylation is 1. The van der Waals surface area contributed by atoms with E-state index in [1.165, 1.54) is 5.56 Å². The molecule has 0 spiro atoms. The van der Waals surface area contributed by atoms with Gasteiger partial charge < -0.3 is 5.32 Å². The maximum absolute atomic E-state index is 12.3. The SMILES string of the molecule is CS(=O)(=O)NC(=O)Nc1c(-c2ccnc(-c3ccccc3)c2)ccc2c1CCC2. The topological polar surface area (TPSA) is 88.2 Å². The molecule has 0 radical (unpaired) electrons. The van der Waals surface area contributed by atoms with E-state index in [0.717, 1.165) is 53.5 Å². The minimum atomic E-state index is -3.65. The van der Waals surface area contributed by atoms with E-state index in [0.29, 0.717) is 5.69 Å². The van der Waals surface area contributed by atoms with Crippen molar-refractivity contribution in [3.05, 3.63) is 71.9 Å². The number of rotatable bonds is 4. The van der Waals surface area contributed by atoms with Crippen molar-refractivity contribution in [2.45, 2.75) is 19.3 Å². The smallest absolute Gasteiger partial charge is 0.306 e. The van der Waals surface area contributed by atoms with Gasteiger partial charge in [-0.05, 0) is 48.1 Å². The molecule has 0 unspecified atom stereocenters. The normalized spacial score (nSPS) is 13.0. The van der Waals surface area contributed by atoms with Crippen LogP contribution in [0.2, 0.25) is 0 Å². The Bertz CT molecular complexity index is 1180. The number of benzene rings is 2. The number of carbonyl (C=O) groups is 1. The van der Waals surface area contributed by atoms with Crippen molar-refractivity contribution < 1.29 is 13.2 Å². The Balaban J connectivity index is 1.78. The summed E-state index contributed by atoms with van der Waals surface area (Å²) in [5.41, 5.74) is 6.48. The van der Waals surface area contributed by atoms with Gasteiger partial charge in [-0.3, -0.25) is 4.98 Å². The summed E-state index contributed by atoms with van der Waals surface area (Å²) in [5.74, 6) is 0. The van der Waals surface area contributed by atoms with E-state index in [-0.39, 0.29) is 0 Å². The number of aromatic nitrogens is 1. The van der Waals surface area contributed by atoms with Crippen LogP contribution < -0.4 is 10.0 Å². The number of hydrogen-bond donors (Lipinski definition) is 2. The van der Waals surface area contributed by atoms with E-state index in [1.54, 1.807) is 6.20 Å². The predicted molar refractivity (Wildman–Crippen MR) is 114 cm³/mol. The van der Waals surface area contributed by atoms with Crippen LogP contribution >= 0.6 is 0 Å². The molecule has 1 heterocycles. The molecule has 0 fully saturated rings. The van der Waals surface area contributed by atoms with Crippen LogP contribution in [0.1, 0.15) is 17.5 Å². The van der Waals surface area contributed by atoms with Crippen LogP contribution in [0.5, 0.6) is 0 Å². The molecule has 0 aliphatic heterocycles. The lowest BCUT2D eigenvalue weighted by Crippen LogP contribution is -2.33. The van der Waals surface area contributed by atoms with E-state index in [1.807, 2.05) is 53.3 Å². The Kier molecular flexibility index (Phi) is 5.07. The van der Waals surface area contributed by atoms with Gasteiger partial charge in [0.05, 0.1) is 17.6 Å². The molecule has 6 nitrogen and oxygen atoms in total. The van der Waals surface area contributed by atoms with Crippen molar-refractivity contribution in [2.75, 3.05) is 11.6 Å². The molecule has 2 aromatic carbocycles. The lowest BCUT2D eigenvalue weighted by atomic mass is 9.96. The Hall–Kier alpha value is -3.19. The van der Waals surface area contributed by atoms with Gasteiger partial charge >= 0.3 is 6.03 Å². The fraction of sp³-hybridized carbons (Fsp3) is 0.182. The number of nitrogens with one attached hydrogen (secondary N) is 2. The van der Waals surface area contributed by atoms with Crippen LogP contribution in [0.3, 0.4) is 0 Å².